The first-order valence-corrected chi connectivity index (χ1v) is 8.31. The molecular formula is C16H14N6O2S. The highest BCUT2D eigenvalue weighted by atomic mass is 32.1. The number of hydrogen-bond donors (Lipinski definition) is 2. The van der Waals surface area contributed by atoms with E-state index in [0.29, 0.717) is 10.8 Å². The molecule has 0 unspecified atom stereocenters. The first-order chi connectivity index (χ1) is 12.2. The molecule has 0 aromatic carbocycles. The van der Waals surface area contributed by atoms with Crippen LogP contribution in [0.4, 0.5) is 5.13 Å². The van der Waals surface area contributed by atoms with E-state index in [-0.39, 0.29) is 30.5 Å². The summed E-state index contributed by atoms with van der Waals surface area (Å²) in [5, 5.41) is 7.64. The van der Waals surface area contributed by atoms with E-state index in [1.54, 1.807) is 6.20 Å². The zero-order valence-electron chi connectivity index (χ0n) is 13.0. The van der Waals surface area contributed by atoms with Gasteiger partial charge >= 0.3 is 0 Å². The maximum Gasteiger partial charge on any atom is 0.271 e. The molecule has 2 N–H and O–H groups in total. The molecule has 0 aliphatic carbocycles. The van der Waals surface area contributed by atoms with Crippen molar-refractivity contribution < 1.29 is 9.59 Å². The number of aromatic nitrogens is 4. The van der Waals surface area contributed by atoms with E-state index in [9.17, 15) is 9.59 Å². The SMILES string of the molecule is O=C(CCNC(=O)c1cnccn1)Nc1nc(-c2ccccn2)cs1. The topological polar surface area (TPSA) is 110 Å². The van der Waals surface area contributed by atoms with Crippen LogP contribution in [0.5, 0.6) is 0 Å². The molecule has 126 valence electrons. The Labute approximate surface area is 147 Å². The van der Waals surface area contributed by atoms with Crippen LogP contribution in [0, 0.1) is 0 Å². The molecule has 3 aromatic heterocycles. The van der Waals surface area contributed by atoms with E-state index in [1.807, 2.05) is 23.6 Å². The van der Waals surface area contributed by atoms with Crippen LogP contribution >= 0.6 is 11.3 Å². The minimum Gasteiger partial charge on any atom is -0.350 e. The highest BCUT2D eigenvalue weighted by Gasteiger charge is 2.10. The zero-order chi connectivity index (χ0) is 17.5. The third-order valence-corrected chi connectivity index (χ3v) is 3.87. The molecule has 0 aliphatic rings. The molecule has 0 fully saturated rings. The van der Waals surface area contributed by atoms with E-state index >= 15 is 0 Å². The lowest BCUT2D eigenvalue weighted by molar-refractivity contribution is -0.116. The summed E-state index contributed by atoms with van der Waals surface area (Å²) in [6.45, 7) is 0.194. The number of nitrogens with zero attached hydrogens (tertiary/aromatic N) is 4. The van der Waals surface area contributed by atoms with Crippen LogP contribution in [0.2, 0.25) is 0 Å². The highest BCUT2D eigenvalue weighted by molar-refractivity contribution is 7.14. The minimum atomic E-state index is -0.368. The van der Waals surface area contributed by atoms with Crippen molar-refractivity contribution in [2.24, 2.45) is 0 Å². The second-order valence-electron chi connectivity index (χ2n) is 4.90. The summed E-state index contributed by atoms with van der Waals surface area (Å²) in [6.07, 6.45) is 6.10. The molecule has 8 nitrogen and oxygen atoms in total. The van der Waals surface area contributed by atoms with E-state index in [4.69, 9.17) is 0 Å². The Bertz CT molecular complexity index is 853. The fraction of sp³-hybridized carbons (Fsp3) is 0.125. The maximum absolute atomic E-state index is 11.9. The average Bonchev–Trinajstić information content (AvgIpc) is 3.11. The van der Waals surface area contributed by atoms with Crippen LogP contribution in [0.1, 0.15) is 16.9 Å². The second-order valence-corrected chi connectivity index (χ2v) is 5.76. The fourth-order valence-electron chi connectivity index (χ4n) is 1.94. The van der Waals surface area contributed by atoms with Gasteiger partial charge < -0.3 is 10.6 Å². The van der Waals surface area contributed by atoms with Gasteiger partial charge in [0.05, 0.1) is 11.9 Å². The lowest BCUT2D eigenvalue weighted by atomic mass is 10.3. The number of carbonyl (C=O) groups is 2. The van der Waals surface area contributed by atoms with E-state index in [2.05, 4.69) is 30.6 Å². The number of carbonyl (C=O) groups excluding carboxylic acids is 2. The Morgan fingerprint density at radius 3 is 2.76 bits per heavy atom. The third kappa shape index (κ3) is 4.64. The summed E-state index contributed by atoms with van der Waals surface area (Å²) >= 11 is 1.32. The number of pyridine rings is 1. The average molecular weight is 354 g/mol. The molecule has 0 saturated heterocycles. The van der Waals surface area contributed by atoms with Crippen molar-refractivity contribution in [2.45, 2.75) is 6.42 Å². The van der Waals surface area contributed by atoms with Crippen LogP contribution in [0.25, 0.3) is 11.4 Å². The third-order valence-electron chi connectivity index (χ3n) is 3.11. The van der Waals surface area contributed by atoms with Crippen molar-refractivity contribution in [3.05, 3.63) is 54.1 Å². The van der Waals surface area contributed by atoms with Gasteiger partial charge in [-0.2, -0.15) is 0 Å². The first-order valence-electron chi connectivity index (χ1n) is 7.43. The predicted molar refractivity (Wildman–Crippen MR) is 93.0 cm³/mol. The van der Waals surface area contributed by atoms with Crippen molar-refractivity contribution in [3.63, 3.8) is 0 Å². The summed E-state index contributed by atoms with van der Waals surface area (Å²) < 4.78 is 0. The Balaban J connectivity index is 1.47. The molecular weight excluding hydrogens is 340 g/mol. The van der Waals surface area contributed by atoms with Crippen LogP contribution in [-0.2, 0) is 4.79 Å². The standard InChI is InChI=1S/C16H14N6O2S/c23-14(4-6-20-15(24)12-9-17-7-8-19-12)22-16-21-13(10-25-16)11-3-1-2-5-18-11/h1-3,5,7-10H,4,6H2,(H,20,24)(H,21,22,23). The van der Waals surface area contributed by atoms with Crippen molar-refractivity contribution >= 4 is 28.3 Å². The quantitative estimate of drug-likeness (QED) is 0.698. The Kier molecular flexibility index (Phi) is 5.37. The minimum absolute atomic E-state index is 0.129. The van der Waals surface area contributed by atoms with Gasteiger partial charge in [-0.25, -0.2) is 9.97 Å². The molecule has 3 rings (SSSR count). The second kappa shape index (κ2) is 8.06. The number of nitrogens with one attached hydrogen (secondary N) is 2. The number of amides is 2. The molecule has 25 heavy (non-hydrogen) atoms. The van der Waals surface area contributed by atoms with E-state index in [1.165, 1.54) is 29.9 Å². The molecule has 2 amide bonds. The Morgan fingerprint density at radius 2 is 2.00 bits per heavy atom. The van der Waals surface area contributed by atoms with Gasteiger partial charge in [-0.05, 0) is 12.1 Å². The molecule has 3 aromatic rings. The molecule has 0 radical (unpaired) electrons. The highest BCUT2D eigenvalue weighted by Crippen LogP contribution is 2.23. The summed E-state index contributed by atoms with van der Waals surface area (Å²) in [5.41, 5.74) is 1.66. The summed E-state index contributed by atoms with van der Waals surface area (Å²) in [4.78, 5) is 40.0. The van der Waals surface area contributed by atoms with Crippen LogP contribution in [-0.4, -0.2) is 38.3 Å². The van der Waals surface area contributed by atoms with Crippen molar-refractivity contribution in [1.82, 2.24) is 25.3 Å². The van der Waals surface area contributed by atoms with E-state index < -0.39 is 0 Å². The predicted octanol–water partition coefficient (Wildman–Crippen LogP) is 1.75. The molecule has 3 heterocycles. The van der Waals surface area contributed by atoms with Gasteiger partial charge in [0.25, 0.3) is 5.91 Å². The van der Waals surface area contributed by atoms with Gasteiger partial charge in [0.1, 0.15) is 11.4 Å². The smallest absolute Gasteiger partial charge is 0.271 e. The monoisotopic (exact) mass is 354 g/mol. The lowest BCUT2D eigenvalue weighted by Gasteiger charge is -2.04. The molecule has 0 aliphatic heterocycles. The molecule has 0 bridgehead atoms. The van der Waals surface area contributed by atoms with Gasteiger partial charge in [0.15, 0.2) is 5.13 Å². The van der Waals surface area contributed by atoms with Crippen molar-refractivity contribution in [1.29, 1.82) is 0 Å². The first kappa shape index (κ1) is 16.7. The Morgan fingerprint density at radius 1 is 1.08 bits per heavy atom. The summed E-state index contributed by atoms with van der Waals surface area (Å²) in [6, 6.07) is 5.55. The molecule has 0 spiro atoms. The van der Waals surface area contributed by atoms with Gasteiger partial charge in [0, 0.05) is 36.9 Å². The van der Waals surface area contributed by atoms with Gasteiger partial charge in [-0.15, -0.1) is 11.3 Å². The largest absolute Gasteiger partial charge is 0.350 e. The number of thiazole rings is 1. The number of rotatable bonds is 6. The fourth-order valence-corrected chi connectivity index (χ4v) is 2.66. The summed E-state index contributed by atoms with van der Waals surface area (Å²) in [7, 11) is 0. The number of hydrogen-bond acceptors (Lipinski definition) is 7. The van der Waals surface area contributed by atoms with Crippen LogP contribution in [0.15, 0.2) is 48.4 Å². The molecule has 0 atom stereocenters. The van der Waals surface area contributed by atoms with E-state index in [0.717, 1.165) is 5.69 Å². The molecule has 0 saturated carbocycles. The van der Waals surface area contributed by atoms with Gasteiger partial charge in [-0.1, -0.05) is 6.07 Å². The summed E-state index contributed by atoms with van der Waals surface area (Å²) in [5.74, 6) is -0.603. The Hall–Kier alpha value is -3.20. The maximum atomic E-state index is 11.9. The number of anilines is 1. The van der Waals surface area contributed by atoms with Crippen molar-refractivity contribution in [3.8, 4) is 11.4 Å². The lowest BCUT2D eigenvalue weighted by Crippen LogP contribution is -2.28. The van der Waals surface area contributed by atoms with Crippen LogP contribution in [0.3, 0.4) is 0 Å². The van der Waals surface area contributed by atoms with Gasteiger partial charge in [0.2, 0.25) is 5.91 Å². The van der Waals surface area contributed by atoms with Crippen molar-refractivity contribution in [2.75, 3.05) is 11.9 Å². The zero-order valence-corrected chi connectivity index (χ0v) is 13.9. The normalized spacial score (nSPS) is 10.2. The van der Waals surface area contributed by atoms with Crippen LogP contribution < -0.4 is 10.6 Å². The molecule has 9 heteroatoms. The van der Waals surface area contributed by atoms with Gasteiger partial charge in [-0.3, -0.25) is 19.6 Å².